The minimum absolute atomic E-state index is 0.0210. The van der Waals surface area contributed by atoms with Gasteiger partial charge < -0.3 is 11.1 Å². The molecule has 0 rings (SSSR count). The first-order valence-electron chi connectivity index (χ1n) is 3.30. The zero-order chi connectivity index (χ0) is 7.98. The second-order valence-electron chi connectivity index (χ2n) is 2.27. The highest BCUT2D eigenvalue weighted by Crippen LogP contribution is 1.79. The fraction of sp³-hybridized carbons (Fsp3) is 0.571. The lowest BCUT2D eigenvalue weighted by atomic mass is 10.3. The van der Waals surface area contributed by atoms with Crippen LogP contribution in [0.15, 0.2) is 12.7 Å². The Balaban J connectivity index is 3.30. The van der Waals surface area contributed by atoms with Crippen LogP contribution < -0.4 is 11.1 Å². The van der Waals surface area contributed by atoms with Crippen LogP contribution in [-0.2, 0) is 4.79 Å². The molecule has 0 aliphatic carbocycles. The summed E-state index contributed by atoms with van der Waals surface area (Å²) in [6, 6.07) is 0.0220. The molecular formula is C7H14N2O. The first kappa shape index (κ1) is 9.17. The van der Waals surface area contributed by atoms with Crippen molar-refractivity contribution in [1.29, 1.82) is 0 Å². The quantitative estimate of drug-likeness (QED) is 0.544. The van der Waals surface area contributed by atoms with Gasteiger partial charge in [-0.1, -0.05) is 6.08 Å². The fourth-order valence-electron chi connectivity index (χ4n) is 0.478. The summed E-state index contributed by atoms with van der Waals surface area (Å²) >= 11 is 0. The van der Waals surface area contributed by atoms with Crippen molar-refractivity contribution in [1.82, 2.24) is 5.32 Å². The maximum atomic E-state index is 10.7. The molecule has 3 nitrogen and oxygen atoms in total. The average Bonchev–Trinajstić information content (AvgIpc) is 1.85. The van der Waals surface area contributed by atoms with Crippen LogP contribution in [0.5, 0.6) is 0 Å². The molecule has 0 heterocycles. The molecule has 1 atom stereocenters. The van der Waals surface area contributed by atoms with Gasteiger partial charge in [-0.25, -0.2) is 0 Å². The van der Waals surface area contributed by atoms with Crippen molar-refractivity contribution in [2.24, 2.45) is 5.73 Å². The van der Waals surface area contributed by atoms with E-state index in [0.717, 1.165) is 0 Å². The number of nitrogens with one attached hydrogen (secondary N) is 1. The molecule has 10 heavy (non-hydrogen) atoms. The molecular weight excluding hydrogens is 128 g/mol. The van der Waals surface area contributed by atoms with Crippen molar-refractivity contribution in [3.8, 4) is 0 Å². The van der Waals surface area contributed by atoms with Crippen molar-refractivity contribution < 1.29 is 4.79 Å². The van der Waals surface area contributed by atoms with Gasteiger partial charge in [-0.15, -0.1) is 6.58 Å². The summed E-state index contributed by atoms with van der Waals surface area (Å²) in [5.74, 6) is -0.0210. The third-order valence-electron chi connectivity index (χ3n) is 0.951. The Morgan fingerprint density at radius 3 is 2.90 bits per heavy atom. The summed E-state index contributed by atoms with van der Waals surface area (Å²) < 4.78 is 0. The van der Waals surface area contributed by atoms with E-state index >= 15 is 0 Å². The number of amides is 1. The van der Waals surface area contributed by atoms with E-state index in [1.165, 1.54) is 0 Å². The summed E-state index contributed by atoms with van der Waals surface area (Å²) in [5, 5.41) is 2.65. The molecule has 0 saturated heterocycles. The van der Waals surface area contributed by atoms with Gasteiger partial charge in [0.2, 0.25) is 5.91 Å². The lowest BCUT2D eigenvalue weighted by Crippen LogP contribution is -2.34. The van der Waals surface area contributed by atoms with E-state index in [-0.39, 0.29) is 11.9 Å². The summed E-state index contributed by atoms with van der Waals surface area (Å²) in [6.07, 6.45) is 1.93. The monoisotopic (exact) mass is 142 g/mol. The number of carbonyl (C=O) groups is 1. The van der Waals surface area contributed by atoms with Crippen LogP contribution in [0.2, 0.25) is 0 Å². The molecule has 0 aromatic rings. The second-order valence-corrected chi connectivity index (χ2v) is 2.27. The molecule has 0 aromatic carbocycles. The van der Waals surface area contributed by atoms with Crippen molar-refractivity contribution in [2.45, 2.75) is 19.4 Å². The van der Waals surface area contributed by atoms with Crippen molar-refractivity contribution >= 4 is 5.91 Å². The van der Waals surface area contributed by atoms with E-state index in [1.807, 2.05) is 6.92 Å². The van der Waals surface area contributed by atoms with Gasteiger partial charge in [-0.3, -0.25) is 4.79 Å². The van der Waals surface area contributed by atoms with Gasteiger partial charge in [0.05, 0.1) is 0 Å². The van der Waals surface area contributed by atoms with Crippen LogP contribution in [0.3, 0.4) is 0 Å². The van der Waals surface area contributed by atoms with Crippen LogP contribution >= 0.6 is 0 Å². The zero-order valence-electron chi connectivity index (χ0n) is 6.26. The minimum Gasteiger partial charge on any atom is -0.354 e. The standard InChI is InChI=1S/C7H14N2O/c1-3-4-7(10)9-5-6(2)8/h3,6H,1,4-5,8H2,2H3,(H,9,10). The SMILES string of the molecule is C=CCC(=O)NCC(C)N. The zero-order valence-corrected chi connectivity index (χ0v) is 6.26. The number of hydrogen-bond acceptors (Lipinski definition) is 2. The molecule has 1 amide bonds. The maximum Gasteiger partial charge on any atom is 0.223 e. The summed E-state index contributed by atoms with van der Waals surface area (Å²) in [5.41, 5.74) is 5.40. The molecule has 0 radical (unpaired) electrons. The van der Waals surface area contributed by atoms with Gasteiger partial charge in [0.25, 0.3) is 0 Å². The van der Waals surface area contributed by atoms with Gasteiger partial charge in [-0.05, 0) is 6.92 Å². The van der Waals surface area contributed by atoms with E-state index in [4.69, 9.17) is 5.73 Å². The lowest BCUT2D eigenvalue weighted by Gasteiger charge is -2.05. The molecule has 0 spiro atoms. The van der Waals surface area contributed by atoms with E-state index in [2.05, 4.69) is 11.9 Å². The molecule has 0 aliphatic rings. The van der Waals surface area contributed by atoms with Gasteiger partial charge in [0, 0.05) is 19.0 Å². The molecule has 58 valence electrons. The number of nitrogens with two attached hydrogens (primary N) is 1. The Hall–Kier alpha value is -0.830. The van der Waals surface area contributed by atoms with Crippen LogP contribution in [0.25, 0.3) is 0 Å². The summed E-state index contributed by atoms with van der Waals surface area (Å²) in [7, 11) is 0. The van der Waals surface area contributed by atoms with Crippen LogP contribution in [0.4, 0.5) is 0 Å². The van der Waals surface area contributed by atoms with Crippen molar-refractivity contribution in [2.75, 3.05) is 6.54 Å². The van der Waals surface area contributed by atoms with Gasteiger partial charge in [0.15, 0.2) is 0 Å². The predicted octanol–water partition coefficient (Wildman–Crippen LogP) is 0.0259. The molecule has 0 fully saturated rings. The average molecular weight is 142 g/mol. The van der Waals surface area contributed by atoms with E-state index < -0.39 is 0 Å². The topological polar surface area (TPSA) is 55.1 Å². The number of hydrogen-bond donors (Lipinski definition) is 2. The largest absolute Gasteiger partial charge is 0.354 e. The Morgan fingerprint density at radius 2 is 2.50 bits per heavy atom. The highest BCUT2D eigenvalue weighted by Gasteiger charge is 1.97. The summed E-state index contributed by atoms with van der Waals surface area (Å²) in [4.78, 5) is 10.7. The van der Waals surface area contributed by atoms with E-state index in [1.54, 1.807) is 6.08 Å². The predicted molar refractivity (Wildman–Crippen MR) is 41.5 cm³/mol. The molecule has 0 saturated carbocycles. The normalized spacial score (nSPS) is 12.2. The highest BCUT2D eigenvalue weighted by molar-refractivity contribution is 5.77. The third-order valence-corrected chi connectivity index (χ3v) is 0.951. The molecule has 1 unspecified atom stereocenters. The summed E-state index contributed by atoms with van der Waals surface area (Å²) in [6.45, 7) is 5.81. The minimum atomic E-state index is -0.0210. The Morgan fingerprint density at radius 1 is 1.90 bits per heavy atom. The van der Waals surface area contributed by atoms with Gasteiger partial charge in [-0.2, -0.15) is 0 Å². The fourth-order valence-corrected chi connectivity index (χ4v) is 0.478. The first-order chi connectivity index (χ1) is 4.66. The molecule has 0 aliphatic heterocycles. The van der Waals surface area contributed by atoms with Crippen LogP contribution in [-0.4, -0.2) is 18.5 Å². The van der Waals surface area contributed by atoms with E-state index in [9.17, 15) is 4.79 Å². The van der Waals surface area contributed by atoms with Gasteiger partial charge in [0.1, 0.15) is 0 Å². The number of rotatable bonds is 4. The Kier molecular flexibility index (Phi) is 4.58. The van der Waals surface area contributed by atoms with Crippen LogP contribution in [0, 0.1) is 0 Å². The Labute approximate surface area is 61.3 Å². The highest BCUT2D eigenvalue weighted by atomic mass is 16.1. The van der Waals surface area contributed by atoms with E-state index in [0.29, 0.717) is 13.0 Å². The van der Waals surface area contributed by atoms with Crippen LogP contribution in [0.1, 0.15) is 13.3 Å². The molecule has 3 heteroatoms. The smallest absolute Gasteiger partial charge is 0.223 e. The molecule has 0 bridgehead atoms. The lowest BCUT2D eigenvalue weighted by molar-refractivity contribution is -0.120. The number of carbonyl (C=O) groups excluding carboxylic acids is 1. The van der Waals surface area contributed by atoms with Crippen molar-refractivity contribution in [3.05, 3.63) is 12.7 Å². The maximum absolute atomic E-state index is 10.7. The first-order valence-corrected chi connectivity index (χ1v) is 3.30. The third kappa shape index (κ3) is 5.31. The molecule has 3 N–H and O–H groups in total. The second kappa shape index (κ2) is 4.99. The van der Waals surface area contributed by atoms with Gasteiger partial charge >= 0.3 is 0 Å². The molecule has 0 aromatic heterocycles. The van der Waals surface area contributed by atoms with Crippen molar-refractivity contribution in [3.63, 3.8) is 0 Å². The Bertz CT molecular complexity index is 121.